The summed E-state index contributed by atoms with van der Waals surface area (Å²) in [5.74, 6) is -0.914. The molecule has 2 aromatic rings. The second-order valence-corrected chi connectivity index (χ2v) is 4.75. The molecule has 2 rings (SSSR count). The molecule has 4 heteroatoms. The number of carbonyl (C=O) groups is 1. The van der Waals surface area contributed by atoms with Gasteiger partial charge in [-0.3, -0.25) is 4.98 Å². The number of pyridine rings is 1. The van der Waals surface area contributed by atoms with Gasteiger partial charge >= 0.3 is 5.97 Å². The first-order valence-electron chi connectivity index (χ1n) is 5.04. The maximum atomic E-state index is 11.1. The molecule has 1 N–H and O–H groups in total. The number of aromatic nitrogens is 1. The Labute approximate surface area is 103 Å². The molecule has 2 aromatic heterocycles. The third-order valence-electron chi connectivity index (χ3n) is 2.47. The van der Waals surface area contributed by atoms with Crippen LogP contribution in [0, 0.1) is 6.92 Å². The zero-order chi connectivity index (χ0) is 12.4. The molecular weight excluding hydrogens is 234 g/mol. The molecule has 0 spiro atoms. The molecule has 17 heavy (non-hydrogen) atoms. The van der Waals surface area contributed by atoms with Crippen molar-refractivity contribution in [2.45, 2.75) is 6.92 Å². The highest BCUT2D eigenvalue weighted by Gasteiger charge is 2.19. The van der Waals surface area contributed by atoms with E-state index in [0.717, 1.165) is 16.0 Å². The van der Waals surface area contributed by atoms with Gasteiger partial charge in [0.05, 0.1) is 0 Å². The fourth-order valence-corrected chi connectivity index (χ4v) is 2.80. The van der Waals surface area contributed by atoms with Gasteiger partial charge in [-0.2, -0.15) is 0 Å². The normalized spacial score (nSPS) is 10.2. The molecule has 0 aliphatic rings. The maximum absolute atomic E-state index is 11.1. The van der Waals surface area contributed by atoms with Crippen molar-refractivity contribution in [3.05, 3.63) is 46.4 Å². The van der Waals surface area contributed by atoms with Crippen LogP contribution in [-0.4, -0.2) is 16.1 Å². The molecule has 0 aromatic carbocycles. The fraction of sp³-hybridized carbons (Fsp3) is 0.0769. The van der Waals surface area contributed by atoms with Gasteiger partial charge < -0.3 is 5.11 Å². The number of carboxylic acids is 1. The fourth-order valence-electron chi connectivity index (χ4n) is 1.79. The quantitative estimate of drug-likeness (QED) is 0.900. The summed E-state index contributed by atoms with van der Waals surface area (Å²) in [4.78, 5) is 16.5. The molecule has 0 fully saturated rings. The number of carboxylic acid groups (broad SMARTS) is 1. The van der Waals surface area contributed by atoms with Gasteiger partial charge in [0, 0.05) is 34.0 Å². The van der Waals surface area contributed by atoms with Gasteiger partial charge in [0.15, 0.2) is 0 Å². The number of thiophene rings is 1. The predicted molar refractivity (Wildman–Crippen MR) is 69.3 cm³/mol. The topological polar surface area (TPSA) is 50.2 Å². The van der Waals surface area contributed by atoms with E-state index in [1.54, 1.807) is 18.5 Å². The molecule has 0 aliphatic carbocycles. The number of nitrogens with zero attached hydrogens (tertiary/aromatic N) is 1. The van der Waals surface area contributed by atoms with E-state index in [9.17, 15) is 4.79 Å². The van der Waals surface area contributed by atoms with E-state index < -0.39 is 5.97 Å². The van der Waals surface area contributed by atoms with E-state index in [2.05, 4.69) is 11.6 Å². The lowest BCUT2D eigenvalue weighted by molar-refractivity contribution is 0.0702. The first kappa shape index (κ1) is 11.5. The number of hydrogen-bond acceptors (Lipinski definition) is 3. The molecule has 2 heterocycles. The standard InChI is InChI=1S/C13H11NO2S/c1-3-10-11(9-5-4-6-14-7-9)8(2)17-12(10)13(15)16/h3-7H,1H2,2H3,(H,15,16). The minimum absolute atomic E-state index is 0.330. The van der Waals surface area contributed by atoms with Crippen molar-refractivity contribution in [1.82, 2.24) is 4.98 Å². The molecule has 3 nitrogen and oxygen atoms in total. The maximum Gasteiger partial charge on any atom is 0.346 e. The Morgan fingerprint density at radius 3 is 2.88 bits per heavy atom. The van der Waals surface area contributed by atoms with Crippen LogP contribution in [0.1, 0.15) is 20.1 Å². The summed E-state index contributed by atoms with van der Waals surface area (Å²) in [5.41, 5.74) is 2.51. The Kier molecular flexibility index (Phi) is 3.06. The van der Waals surface area contributed by atoms with Crippen LogP contribution in [-0.2, 0) is 0 Å². The molecule has 0 bridgehead atoms. The SMILES string of the molecule is C=Cc1c(C(=O)O)sc(C)c1-c1cccnc1. The zero-order valence-corrected chi connectivity index (χ0v) is 10.1. The van der Waals surface area contributed by atoms with Crippen molar-refractivity contribution >= 4 is 23.4 Å². The van der Waals surface area contributed by atoms with Crippen molar-refractivity contribution in [2.24, 2.45) is 0 Å². The second kappa shape index (κ2) is 4.51. The third-order valence-corrected chi connectivity index (χ3v) is 3.58. The highest BCUT2D eigenvalue weighted by molar-refractivity contribution is 7.14. The first-order chi connectivity index (χ1) is 8.15. The molecule has 0 saturated carbocycles. The Morgan fingerprint density at radius 2 is 2.35 bits per heavy atom. The van der Waals surface area contributed by atoms with E-state index in [1.165, 1.54) is 11.3 Å². The Balaban J connectivity index is 2.70. The summed E-state index contributed by atoms with van der Waals surface area (Å²) in [7, 11) is 0. The Morgan fingerprint density at radius 1 is 1.59 bits per heavy atom. The summed E-state index contributed by atoms with van der Waals surface area (Å²) in [6.07, 6.45) is 5.01. The molecule has 0 unspecified atom stereocenters. The zero-order valence-electron chi connectivity index (χ0n) is 9.30. The van der Waals surface area contributed by atoms with Crippen LogP contribution in [0.15, 0.2) is 31.1 Å². The van der Waals surface area contributed by atoms with Crippen molar-refractivity contribution < 1.29 is 9.90 Å². The molecule has 0 amide bonds. The lowest BCUT2D eigenvalue weighted by Gasteiger charge is -2.02. The van der Waals surface area contributed by atoms with Crippen molar-refractivity contribution in [2.75, 3.05) is 0 Å². The number of aryl methyl sites for hydroxylation is 1. The van der Waals surface area contributed by atoms with Crippen LogP contribution < -0.4 is 0 Å². The van der Waals surface area contributed by atoms with E-state index in [4.69, 9.17) is 5.11 Å². The highest BCUT2D eigenvalue weighted by atomic mass is 32.1. The van der Waals surface area contributed by atoms with Gasteiger partial charge in [0.2, 0.25) is 0 Å². The van der Waals surface area contributed by atoms with Crippen molar-refractivity contribution in [3.63, 3.8) is 0 Å². The molecule has 0 radical (unpaired) electrons. The smallest absolute Gasteiger partial charge is 0.346 e. The van der Waals surface area contributed by atoms with Gasteiger partial charge in [0.25, 0.3) is 0 Å². The van der Waals surface area contributed by atoms with Gasteiger partial charge in [-0.1, -0.05) is 18.7 Å². The Bertz CT molecular complexity index is 573. The minimum Gasteiger partial charge on any atom is -0.477 e. The minimum atomic E-state index is -0.914. The van der Waals surface area contributed by atoms with E-state index in [0.29, 0.717) is 10.4 Å². The van der Waals surface area contributed by atoms with Crippen LogP contribution in [0.3, 0.4) is 0 Å². The van der Waals surface area contributed by atoms with Crippen molar-refractivity contribution in [1.29, 1.82) is 0 Å². The van der Waals surface area contributed by atoms with Crippen LogP contribution >= 0.6 is 11.3 Å². The lowest BCUT2D eigenvalue weighted by Crippen LogP contribution is -1.94. The van der Waals surface area contributed by atoms with Crippen LogP contribution in [0.25, 0.3) is 17.2 Å². The van der Waals surface area contributed by atoms with Gasteiger partial charge in [0.1, 0.15) is 4.88 Å². The Hall–Kier alpha value is -1.94. The molecule has 0 atom stereocenters. The average molecular weight is 245 g/mol. The average Bonchev–Trinajstić information content (AvgIpc) is 2.67. The van der Waals surface area contributed by atoms with Gasteiger partial charge in [-0.15, -0.1) is 11.3 Å². The lowest BCUT2D eigenvalue weighted by atomic mass is 10.0. The van der Waals surface area contributed by atoms with Crippen LogP contribution in [0.5, 0.6) is 0 Å². The highest BCUT2D eigenvalue weighted by Crippen LogP contribution is 2.36. The summed E-state index contributed by atoms with van der Waals surface area (Å²) < 4.78 is 0. The predicted octanol–water partition coefficient (Wildman–Crippen LogP) is 3.46. The van der Waals surface area contributed by atoms with Crippen LogP contribution in [0.4, 0.5) is 0 Å². The largest absolute Gasteiger partial charge is 0.477 e. The van der Waals surface area contributed by atoms with Crippen LogP contribution in [0.2, 0.25) is 0 Å². The molecule has 0 aliphatic heterocycles. The van der Waals surface area contributed by atoms with E-state index in [1.807, 2.05) is 19.1 Å². The number of rotatable bonds is 3. The molecular formula is C13H11NO2S. The first-order valence-corrected chi connectivity index (χ1v) is 5.86. The van der Waals surface area contributed by atoms with E-state index >= 15 is 0 Å². The van der Waals surface area contributed by atoms with E-state index in [-0.39, 0.29) is 0 Å². The monoisotopic (exact) mass is 245 g/mol. The van der Waals surface area contributed by atoms with Gasteiger partial charge in [-0.05, 0) is 13.0 Å². The van der Waals surface area contributed by atoms with Gasteiger partial charge in [-0.25, -0.2) is 4.79 Å². The number of aromatic carboxylic acids is 1. The summed E-state index contributed by atoms with van der Waals surface area (Å²) in [6.45, 7) is 5.61. The summed E-state index contributed by atoms with van der Waals surface area (Å²) in [6, 6.07) is 3.75. The second-order valence-electron chi connectivity index (χ2n) is 3.53. The third kappa shape index (κ3) is 1.99. The van der Waals surface area contributed by atoms with Crippen molar-refractivity contribution in [3.8, 4) is 11.1 Å². The molecule has 86 valence electrons. The summed E-state index contributed by atoms with van der Waals surface area (Å²) in [5, 5.41) is 9.13. The molecule has 0 saturated heterocycles. The number of hydrogen-bond donors (Lipinski definition) is 1. The summed E-state index contributed by atoms with van der Waals surface area (Å²) >= 11 is 1.27.